The molecule has 0 atom stereocenters. The Bertz CT molecular complexity index is 628. The highest BCUT2D eigenvalue weighted by Gasteiger charge is 2.13. The average molecular weight is 348 g/mol. The lowest BCUT2D eigenvalue weighted by Crippen LogP contribution is -2.26. The van der Waals surface area contributed by atoms with Crippen LogP contribution in [0.15, 0.2) is 53.0 Å². The Morgan fingerprint density at radius 1 is 1.19 bits per heavy atom. The van der Waals surface area contributed by atoms with E-state index in [9.17, 15) is 4.79 Å². The Hall–Kier alpha value is -1.81. The zero-order valence-electron chi connectivity index (χ0n) is 12.2. The Morgan fingerprint density at radius 3 is 2.67 bits per heavy atom. The molecule has 0 bridgehead atoms. The number of carbonyl (C=O) groups is 1. The van der Waals surface area contributed by atoms with Crippen molar-refractivity contribution in [2.24, 2.45) is 0 Å². The van der Waals surface area contributed by atoms with Crippen molar-refractivity contribution < 1.29 is 9.53 Å². The molecule has 0 aromatic heterocycles. The van der Waals surface area contributed by atoms with Crippen molar-refractivity contribution in [1.82, 2.24) is 4.90 Å². The lowest BCUT2D eigenvalue weighted by atomic mass is 10.1. The summed E-state index contributed by atoms with van der Waals surface area (Å²) in [6, 6.07) is 15.2. The summed E-state index contributed by atoms with van der Waals surface area (Å²) >= 11 is 3.50. The average Bonchev–Trinajstić information content (AvgIpc) is 2.49. The molecule has 0 radical (unpaired) electrons. The predicted octanol–water partition coefficient (Wildman–Crippen LogP) is 4.12. The first kappa shape index (κ1) is 15.6. The van der Waals surface area contributed by atoms with E-state index < -0.39 is 0 Å². The second-order valence-electron chi connectivity index (χ2n) is 4.71. The minimum Gasteiger partial charge on any atom is -0.494 e. The van der Waals surface area contributed by atoms with Gasteiger partial charge in [-0.05, 0) is 36.8 Å². The van der Waals surface area contributed by atoms with E-state index >= 15 is 0 Å². The highest BCUT2D eigenvalue weighted by molar-refractivity contribution is 9.10. The molecule has 0 aliphatic heterocycles. The molecule has 0 saturated carbocycles. The number of rotatable bonds is 5. The van der Waals surface area contributed by atoms with Gasteiger partial charge in [0.15, 0.2) is 0 Å². The van der Waals surface area contributed by atoms with Gasteiger partial charge in [0.1, 0.15) is 5.75 Å². The smallest absolute Gasteiger partial charge is 0.254 e. The van der Waals surface area contributed by atoms with Crippen molar-refractivity contribution in [1.29, 1.82) is 0 Å². The number of hydrogen-bond acceptors (Lipinski definition) is 2. The van der Waals surface area contributed by atoms with Crippen molar-refractivity contribution in [2.45, 2.75) is 13.5 Å². The van der Waals surface area contributed by atoms with Crippen LogP contribution in [0.25, 0.3) is 0 Å². The number of carbonyl (C=O) groups excluding carboxylic acids is 1. The molecule has 3 nitrogen and oxygen atoms in total. The summed E-state index contributed by atoms with van der Waals surface area (Å²) in [6.45, 7) is 3.07. The molecule has 0 saturated heterocycles. The second kappa shape index (κ2) is 7.27. The zero-order chi connectivity index (χ0) is 15.2. The summed E-state index contributed by atoms with van der Waals surface area (Å²) in [5.74, 6) is 0.699. The molecule has 0 aliphatic carbocycles. The second-order valence-corrected chi connectivity index (χ2v) is 5.57. The normalized spacial score (nSPS) is 10.2. The SMILES string of the molecule is CCOc1cccc(C(=O)N(C)Cc2ccccc2Br)c1. The fraction of sp³-hybridized carbons (Fsp3) is 0.235. The third kappa shape index (κ3) is 4.08. The van der Waals surface area contributed by atoms with E-state index in [1.54, 1.807) is 24.1 Å². The van der Waals surface area contributed by atoms with Gasteiger partial charge < -0.3 is 9.64 Å². The van der Waals surface area contributed by atoms with Gasteiger partial charge in [0.2, 0.25) is 0 Å². The molecule has 0 aliphatic rings. The summed E-state index contributed by atoms with van der Waals surface area (Å²) in [7, 11) is 1.80. The Kier molecular flexibility index (Phi) is 5.39. The highest BCUT2D eigenvalue weighted by Crippen LogP contribution is 2.19. The maximum absolute atomic E-state index is 12.5. The standard InChI is InChI=1S/C17H18BrNO2/c1-3-21-15-9-6-8-13(11-15)17(20)19(2)12-14-7-4-5-10-16(14)18/h4-11H,3,12H2,1-2H3. The molecule has 0 spiro atoms. The summed E-state index contributed by atoms with van der Waals surface area (Å²) in [5.41, 5.74) is 1.71. The number of ether oxygens (including phenoxy) is 1. The van der Waals surface area contributed by atoms with Crippen molar-refractivity contribution in [2.75, 3.05) is 13.7 Å². The van der Waals surface area contributed by atoms with Gasteiger partial charge in [0, 0.05) is 23.6 Å². The third-order valence-electron chi connectivity index (χ3n) is 3.10. The van der Waals surface area contributed by atoms with Gasteiger partial charge >= 0.3 is 0 Å². The van der Waals surface area contributed by atoms with Gasteiger partial charge in [-0.1, -0.05) is 40.2 Å². The lowest BCUT2D eigenvalue weighted by Gasteiger charge is -2.18. The summed E-state index contributed by atoms with van der Waals surface area (Å²) in [4.78, 5) is 14.2. The first-order chi connectivity index (χ1) is 10.1. The molecule has 21 heavy (non-hydrogen) atoms. The summed E-state index contributed by atoms with van der Waals surface area (Å²) in [6.07, 6.45) is 0. The molecule has 0 heterocycles. The van der Waals surface area contributed by atoms with Crippen LogP contribution in [0, 0.1) is 0 Å². The third-order valence-corrected chi connectivity index (χ3v) is 3.88. The first-order valence-electron chi connectivity index (χ1n) is 6.83. The van der Waals surface area contributed by atoms with E-state index in [1.165, 1.54) is 0 Å². The molecule has 4 heteroatoms. The molecular formula is C17H18BrNO2. The van der Waals surface area contributed by atoms with E-state index in [-0.39, 0.29) is 5.91 Å². The fourth-order valence-corrected chi connectivity index (χ4v) is 2.47. The molecule has 110 valence electrons. The number of nitrogens with zero attached hydrogens (tertiary/aromatic N) is 1. The lowest BCUT2D eigenvalue weighted by molar-refractivity contribution is 0.0784. The predicted molar refractivity (Wildman–Crippen MR) is 87.6 cm³/mol. The summed E-state index contributed by atoms with van der Waals surface area (Å²) < 4.78 is 6.44. The van der Waals surface area contributed by atoms with Crippen LogP contribution < -0.4 is 4.74 Å². The number of hydrogen-bond donors (Lipinski definition) is 0. The van der Waals surface area contributed by atoms with Crippen molar-refractivity contribution in [3.63, 3.8) is 0 Å². The van der Waals surface area contributed by atoms with Crippen LogP contribution in [-0.2, 0) is 6.54 Å². The zero-order valence-corrected chi connectivity index (χ0v) is 13.8. The van der Waals surface area contributed by atoms with Gasteiger partial charge in [-0.2, -0.15) is 0 Å². The first-order valence-corrected chi connectivity index (χ1v) is 7.63. The van der Waals surface area contributed by atoms with Crippen LogP contribution >= 0.6 is 15.9 Å². The molecule has 0 unspecified atom stereocenters. The van der Waals surface area contributed by atoms with Crippen LogP contribution in [0.3, 0.4) is 0 Å². The van der Waals surface area contributed by atoms with Crippen LogP contribution in [-0.4, -0.2) is 24.5 Å². The van der Waals surface area contributed by atoms with Gasteiger partial charge in [-0.25, -0.2) is 0 Å². The van der Waals surface area contributed by atoms with Crippen LogP contribution in [0.2, 0.25) is 0 Å². The number of halogens is 1. The monoisotopic (exact) mass is 347 g/mol. The fourth-order valence-electron chi connectivity index (χ4n) is 2.06. The number of amides is 1. The molecule has 0 N–H and O–H groups in total. The van der Waals surface area contributed by atoms with E-state index in [0.29, 0.717) is 18.7 Å². The van der Waals surface area contributed by atoms with E-state index in [0.717, 1.165) is 15.8 Å². The Balaban J connectivity index is 2.12. The van der Waals surface area contributed by atoms with E-state index in [1.807, 2.05) is 43.3 Å². The molecular weight excluding hydrogens is 330 g/mol. The molecule has 2 rings (SSSR count). The highest BCUT2D eigenvalue weighted by atomic mass is 79.9. The maximum atomic E-state index is 12.5. The minimum absolute atomic E-state index is 0.0210. The minimum atomic E-state index is -0.0210. The molecule has 0 fully saturated rings. The van der Waals surface area contributed by atoms with Gasteiger partial charge in [0.25, 0.3) is 5.91 Å². The van der Waals surface area contributed by atoms with Gasteiger partial charge in [0.05, 0.1) is 6.61 Å². The molecule has 1 amide bonds. The Morgan fingerprint density at radius 2 is 1.95 bits per heavy atom. The van der Waals surface area contributed by atoms with Crippen LogP contribution in [0.4, 0.5) is 0 Å². The number of benzene rings is 2. The van der Waals surface area contributed by atoms with E-state index in [4.69, 9.17) is 4.74 Å². The van der Waals surface area contributed by atoms with Gasteiger partial charge in [-0.15, -0.1) is 0 Å². The van der Waals surface area contributed by atoms with Crippen molar-refractivity contribution in [3.8, 4) is 5.75 Å². The molecule has 2 aromatic rings. The van der Waals surface area contributed by atoms with Crippen LogP contribution in [0.5, 0.6) is 5.75 Å². The van der Waals surface area contributed by atoms with Gasteiger partial charge in [-0.3, -0.25) is 4.79 Å². The topological polar surface area (TPSA) is 29.5 Å². The van der Waals surface area contributed by atoms with Crippen molar-refractivity contribution >= 4 is 21.8 Å². The molecule has 2 aromatic carbocycles. The summed E-state index contributed by atoms with van der Waals surface area (Å²) in [5, 5.41) is 0. The largest absolute Gasteiger partial charge is 0.494 e. The van der Waals surface area contributed by atoms with Crippen molar-refractivity contribution in [3.05, 3.63) is 64.1 Å². The van der Waals surface area contributed by atoms with E-state index in [2.05, 4.69) is 15.9 Å². The maximum Gasteiger partial charge on any atom is 0.254 e. The van der Waals surface area contributed by atoms with Crippen LogP contribution in [0.1, 0.15) is 22.8 Å². The Labute approximate surface area is 133 Å². The quantitative estimate of drug-likeness (QED) is 0.814.